The van der Waals surface area contributed by atoms with Gasteiger partial charge in [0.25, 0.3) is 0 Å². The molecule has 2 N–H and O–H groups in total. The second kappa shape index (κ2) is 6.91. The third kappa shape index (κ3) is 3.62. The van der Waals surface area contributed by atoms with E-state index in [9.17, 15) is 0 Å². The lowest BCUT2D eigenvalue weighted by Crippen LogP contribution is -2.04. The first kappa shape index (κ1) is 15.1. The van der Waals surface area contributed by atoms with E-state index in [2.05, 4.69) is 41.9 Å². The molecule has 0 atom stereocenters. The molecule has 2 aromatic rings. The van der Waals surface area contributed by atoms with Crippen LogP contribution in [-0.4, -0.2) is 6.54 Å². The molecule has 0 aliphatic carbocycles. The summed E-state index contributed by atoms with van der Waals surface area (Å²) in [6.07, 6.45) is 0.812. The highest BCUT2D eigenvalue weighted by atomic mass is 79.9. The molecule has 0 aliphatic heterocycles. The second-order valence-corrected chi connectivity index (χ2v) is 6.00. The first-order valence-electron chi connectivity index (χ1n) is 6.87. The molecule has 0 saturated carbocycles. The van der Waals surface area contributed by atoms with Gasteiger partial charge in [0.05, 0.1) is 0 Å². The van der Waals surface area contributed by atoms with E-state index in [1.54, 1.807) is 0 Å². The molecule has 0 radical (unpaired) electrons. The Labute approximate surface area is 129 Å². The van der Waals surface area contributed by atoms with Gasteiger partial charge in [0, 0.05) is 4.47 Å². The molecule has 0 aliphatic rings. The van der Waals surface area contributed by atoms with E-state index in [1.165, 1.54) is 5.56 Å². The highest BCUT2D eigenvalue weighted by molar-refractivity contribution is 9.10. The minimum atomic E-state index is 0.427. The number of ether oxygens (including phenoxy) is 1. The van der Waals surface area contributed by atoms with Crippen molar-refractivity contribution in [3.05, 3.63) is 58.1 Å². The van der Waals surface area contributed by atoms with E-state index >= 15 is 0 Å². The summed E-state index contributed by atoms with van der Waals surface area (Å²) in [5.41, 5.74) is 8.02. The van der Waals surface area contributed by atoms with Crippen molar-refractivity contribution < 1.29 is 4.74 Å². The van der Waals surface area contributed by atoms with E-state index < -0.39 is 0 Å². The van der Waals surface area contributed by atoms with Crippen molar-refractivity contribution >= 4 is 15.9 Å². The fraction of sp³-hybridized carbons (Fsp3) is 0.294. The molecule has 0 amide bonds. The second-order valence-electron chi connectivity index (χ2n) is 5.09. The molecule has 106 valence electrons. The van der Waals surface area contributed by atoms with Crippen molar-refractivity contribution in [3.8, 4) is 11.5 Å². The largest absolute Gasteiger partial charge is 0.457 e. The molecule has 0 fully saturated rings. The summed E-state index contributed by atoms with van der Waals surface area (Å²) >= 11 is 3.50. The average Bonchev–Trinajstić information content (AvgIpc) is 2.42. The molecule has 2 aromatic carbocycles. The van der Waals surface area contributed by atoms with Crippen molar-refractivity contribution in [2.45, 2.75) is 26.2 Å². The van der Waals surface area contributed by atoms with Crippen LogP contribution >= 0.6 is 15.9 Å². The number of nitrogens with two attached hydrogens (primary N) is 1. The zero-order chi connectivity index (χ0) is 14.5. The van der Waals surface area contributed by atoms with Crippen LogP contribution in [0.25, 0.3) is 0 Å². The Kier molecular flexibility index (Phi) is 5.21. The van der Waals surface area contributed by atoms with E-state index in [4.69, 9.17) is 10.5 Å². The van der Waals surface area contributed by atoms with Gasteiger partial charge in [-0.1, -0.05) is 54.0 Å². The Morgan fingerprint density at radius 3 is 2.55 bits per heavy atom. The van der Waals surface area contributed by atoms with Crippen LogP contribution in [0, 0.1) is 0 Å². The summed E-state index contributed by atoms with van der Waals surface area (Å²) in [5.74, 6) is 2.22. The number of rotatable bonds is 5. The van der Waals surface area contributed by atoms with E-state index in [0.29, 0.717) is 12.5 Å². The quantitative estimate of drug-likeness (QED) is 0.847. The van der Waals surface area contributed by atoms with Gasteiger partial charge >= 0.3 is 0 Å². The van der Waals surface area contributed by atoms with Gasteiger partial charge in [-0.3, -0.25) is 0 Å². The summed E-state index contributed by atoms with van der Waals surface area (Å²) in [6.45, 7) is 4.96. The zero-order valence-corrected chi connectivity index (χ0v) is 13.5. The molecule has 2 nitrogen and oxygen atoms in total. The van der Waals surface area contributed by atoms with Gasteiger partial charge in [0.1, 0.15) is 11.5 Å². The van der Waals surface area contributed by atoms with E-state index in [0.717, 1.165) is 28.0 Å². The highest BCUT2D eigenvalue weighted by Crippen LogP contribution is 2.33. The van der Waals surface area contributed by atoms with E-state index in [1.807, 2.05) is 30.3 Å². The SMILES string of the molecule is CC(C)c1ccccc1Oc1cc(Br)ccc1CCN. The van der Waals surface area contributed by atoms with Crippen LogP contribution in [-0.2, 0) is 6.42 Å². The lowest BCUT2D eigenvalue weighted by atomic mass is 10.0. The standard InChI is InChI=1S/C17H20BrNO/c1-12(2)15-5-3-4-6-16(15)20-17-11-14(18)8-7-13(17)9-10-19/h3-8,11-12H,9-10,19H2,1-2H3. The van der Waals surface area contributed by atoms with Gasteiger partial charge < -0.3 is 10.5 Å². The summed E-state index contributed by atoms with van der Waals surface area (Å²) < 4.78 is 7.16. The predicted octanol–water partition coefficient (Wildman–Crippen LogP) is 4.87. The monoisotopic (exact) mass is 333 g/mol. The normalized spacial score (nSPS) is 10.8. The average molecular weight is 334 g/mol. The first-order valence-corrected chi connectivity index (χ1v) is 7.66. The van der Waals surface area contributed by atoms with Gasteiger partial charge in [0.2, 0.25) is 0 Å². The molecule has 0 saturated heterocycles. The Balaban J connectivity index is 2.36. The highest BCUT2D eigenvalue weighted by Gasteiger charge is 2.10. The molecule has 2 rings (SSSR count). The number of para-hydroxylation sites is 1. The lowest BCUT2D eigenvalue weighted by Gasteiger charge is -2.16. The number of halogens is 1. The number of hydrogen-bond acceptors (Lipinski definition) is 2. The molecular weight excluding hydrogens is 314 g/mol. The fourth-order valence-electron chi connectivity index (χ4n) is 2.15. The topological polar surface area (TPSA) is 35.2 Å². The third-order valence-corrected chi connectivity index (χ3v) is 3.70. The fourth-order valence-corrected chi connectivity index (χ4v) is 2.49. The molecule has 20 heavy (non-hydrogen) atoms. The third-order valence-electron chi connectivity index (χ3n) is 3.20. The van der Waals surface area contributed by atoms with Crippen LogP contribution in [0.2, 0.25) is 0 Å². The summed E-state index contributed by atoms with van der Waals surface area (Å²) in [7, 11) is 0. The van der Waals surface area contributed by atoms with Crippen LogP contribution in [0.3, 0.4) is 0 Å². The molecule has 0 unspecified atom stereocenters. The lowest BCUT2D eigenvalue weighted by molar-refractivity contribution is 0.467. The van der Waals surface area contributed by atoms with Gasteiger partial charge in [-0.2, -0.15) is 0 Å². The maximum atomic E-state index is 6.15. The minimum absolute atomic E-state index is 0.427. The first-order chi connectivity index (χ1) is 9.61. The maximum absolute atomic E-state index is 6.15. The van der Waals surface area contributed by atoms with Crippen molar-refractivity contribution in [2.75, 3.05) is 6.54 Å². The molecule has 0 spiro atoms. The van der Waals surface area contributed by atoms with Crippen LogP contribution in [0.5, 0.6) is 11.5 Å². The van der Waals surface area contributed by atoms with Crippen molar-refractivity contribution in [1.82, 2.24) is 0 Å². The minimum Gasteiger partial charge on any atom is -0.457 e. The van der Waals surface area contributed by atoms with Crippen molar-refractivity contribution in [2.24, 2.45) is 5.73 Å². The Bertz CT molecular complexity index is 581. The molecule has 0 aromatic heterocycles. The number of benzene rings is 2. The van der Waals surface area contributed by atoms with Crippen LogP contribution in [0.1, 0.15) is 30.9 Å². The Morgan fingerprint density at radius 1 is 1.10 bits per heavy atom. The molecule has 3 heteroatoms. The van der Waals surface area contributed by atoms with Crippen molar-refractivity contribution in [1.29, 1.82) is 0 Å². The van der Waals surface area contributed by atoms with Gasteiger partial charge in [-0.25, -0.2) is 0 Å². The van der Waals surface area contributed by atoms with Gasteiger partial charge in [-0.05, 0) is 48.2 Å². The zero-order valence-electron chi connectivity index (χ0n) is 11.9. The van der Waals surface area contributed by atoms with Crippen LogP contribution in [0.15, 0.2) is 46.9 Å². The van der Waals surface area contributed by atoms with Crippen LogP contribution in [0.4, 0.5) is 0 Å². The smallest absolute Gasteiger partial charge is 0.131 e. The summed E-state index contributed by atoms with van der Waals surface area (Å²) in [4.78, 5) is 0. The van der Waals surface area contributed by atoms with Crippen LogP contribution < -0.4 is 10.5 Å². The molecular formula is C17H20BrNO. The van der Waals surface area contributed by atoms with Gasteiger partial charge in [-0.15, -0.1) is 0 Å². The van der Waals surface area contributed by atoms with Crippen molar-refractivity contribution in [3.63, 3.8) is 0 Å². The summed E-state index contributed by atoms with van der Waals surface area (Å²) in [6, 6.07) is 14.3. The maximum Gasteiger partial charge on any atom is 0.131 e. The van der Waals surface area contributed by atoms with E-state index in [-0.39, 0.29) is 0 Å². The van der Waals surface area contributed by atoms with Gasteiger partial charge in [0.15, 0.2) is 0 Å². The number of hydrogen-bond donors (Lipinski definition) is 1. The summed E-state index contributed by atoms with van der Waals surface area (Å²) in [5, 5.41) is 0. The Hall–Kier alpha value is -1.32. The molecule has 0 bridgehead atoms. The predicted molar refractivity (Wildman–Crippen MR) is 87.5 cm³/mol. The molecule has 0 heterocycles. The Morgan fingerprint density at radius 2 is 1.85 bits per heavy atom.